The summed E-state index contributed by atoms with van der Waals surface area (Å²) in [7, 11) is 0. The number of ether oxygens (including phenoxy) is 1. The standard InChI is InChI=1S/C47H50FN9O6/c1-46(2)44(47(3,4)45(46)63-36-10-7-28(24-49)39-30(36)6-5-15-50-39)53-40(59)29-8-11-37(51-25-29)56-16-13-27(14-17-56)26-54-18-20-55(21-19-54)35-23-32-31(22-33(35)48)42(61)57(43(32)62)34-9-12-38(58)52-41(34)60/h5-8,10-11,15,22-23,25,27,34,44-45H,9,12-14,16-21,26H2,1-4H3,(H,53,59)(H,52,58,60)/t34-,44-,45-/m0/s1. The van der Waals surface area contributed by atoms with Crippen molar-refractivity contribution in [2.45, 2.75) is 71.6 Å². The molecule has 1 atom stereocenters. The Morgan fingerprint density at radius 1 is 0.905 bits per heavy atom. The number of nitrogens with one attached hydrogen (secondary N) is 2. The summed E-state index contributed by atoms with van der Waals surface area (Å²) in [5.41, 5.74) is 1.03. The van der Waals surface area contributed by atoms with Crippen molar-refractivity contribution >= 4 is 51.9 Å². The lowest BCUT2D eigenvalue weighted by Crippen LogP contribution is -2.74. The molecule has 6 heterocycles. The Morgan fingerprint density at radius 3 is 2.29 bits per heavy atom. The molecule has 16 heteroatoms. The van der Waals surface area contributed by atoms with Crippen LogP contribution in [0.3, 0.4) is 0 Å². The van der Waals surface area contributed by atoms with Crippen molar-refractivity contribution in [3.05, 3.63) is 89.0 Å². The quantitative estimate of drug-likeness (QED) is 0.222. The van der Waals surface area contributed by atoms with Crippen molar-refractivity contribution in [2.75, 3.05) is 55.6 Å². The van der Waals surface area contributed by atoms with Crippen LogP contribution in [-0.2, 0) is 9.59 Å². The SMILES string of the molecule is CC1(C)[C@H](NC(=O)c2ccc(N3CCC(CN4CCN(c5cc6c(cc5F)C(=O)N([C@H]5CCC(=O)NC5=O)C6=O)CC4)CC3)nc2)C(C)(C)[C@H]1Oc1ccc(C#N)c2ncccc12. The number of pyridine rings is 2. The number of imide groups is 2. The number of rotatable bonds is 9. The van der Waals surface area contributed by atoms with E-state index in [1.807, 2.05) is 35.2 Å². The van der Waals surface area contributed by atoms with E-state index in [0.717, 1.165) is 54.6 Å². The number of benzene rings is 2. The molecule has 5 aliphatic rings. The first-order valence-corrected chi connectivity index (χ1v) is 21.6. The van der Waals surface area contributed by atoms with Crippen LogP contribution in [0.25, 0.3) is 10.9 Å². The predicted octanol–water partition coefficient (Wildman–Crippen LogP) is 4.69. The summed E-state index contributed by atoms with van der Waals surface area (Å²) < 4.78 is 22.1. The summed E-state index contributed by atoms with van der Waals surface area (Å²) in [5, 5.41) is 15.8. The Hall–Kier alpha value is -6.47. The van der Waals surface area contributed by atoms with Crippen LogP contribution in [0, 0.1) is 33.9 Å². The second kappa shape index (κ2) is 16.0. The van der Waals surface area contributed by atoms with Crippen molar-refractivity contribution in [3.8, 4) is 11.8 Å². The lowest BCUT2D eigenvalue weighted by Gasteiger charge is -2.63. The molecule has 1 saturated carbocycles. The van der Waals surface area contributed by atoms with Gasteiger partial charge in [-0.15, -0.1) is 0 Å². The maximum atomic E-state index is 15.5. The number of piperazine rings is 1. The van der Waals surface area contributed by atoms with Crippen molar-refractivity contribution in [1.82, 2.24) is 30.4 Å². The van der Waals surface area contributed by atoms with Crippen molar-refractivity contribution in [2.24, 2.45) is 16.7 Å². The Bertz CT molecular complexity index is 2560. The maximum Gasteiger partial charge on any atom is 0.262 e. The average Bonchev–Trinajstić information content (AvgIpc) is 3.51. The van der Waals surface area contributed by atoms with Gasteiger partial charge in [0.1, 0.15) is 35.6 Å². The van der Waals surface area contributed by atoms with E-state index in [2.05, 4.69) is 59.2 Å². The van der Waals surface area contributed by atoms with E-state index in [9.17, 15) is 29.2 Å². The van der Waals surface area contributed by atoms with Gasteiger partial charge in [-0.25, -0.2) is 9.37 Å². The van der Waals surface area contributed by atoms with Gasteiger partial charge in [0.15, 0.2) is 0 Å². The molecule has 15 nitrogen and oxygen atoms in total. The molecular weight excluding hydrogens is 806 g/mol. The van der Waals surface area contributed by atoms with Crippen LogP contribution in [0.15, 0.2) is 60.9 Å². The molecule has 2 aromatic heterocycles. The first kappa shape index (κ1) is 41.9. The van der Waals surface area contributed by atoms with Crippen LogP contribution in [0.5, 0.6) is 5.75 Å². The molecule has 63 heavy (non-hydrogen) atoms. The molecule has 2 N–H and O–H groups in total. The average molecular weight is 856 g/mol. The third kappa shape index (κ3) is 7.41. The first-order chi connectivity index (χ1) is 30.1. The summed E-state index contributed by atoms with van der Waals surface area (Å²) >= 11 is 0. The number of aromatic nitrogens is 2. The number of hydrogen-bond donors (Lipinski definition) is 2. The summed E-state index contributed by atoms with van der Waals surface area (Å²) in [4.78, 5) is 80.7. The molecule has 9 rings (SSSR count). The van der Waals surface area contributed by atoms with E-state index >= 15 is 4.39 Å². The summed E-state index contributed by atoms with van der Waals surface area (Å²) in [6, 6.07) is 14.5. The number of carbonyl (C=O) groups is 5. The lowest BCUT2D eigenvalue weighted by molar-refractivity contribution is -0.163. The molecule has 4 aliphatic heterocycles. The summed E-state index contributed by atoms with van der Waals surface area (Å²) in [5.74, 6) is -1.36. The maximum absolute atomic E-state index is 15.5. The van der Waals surface area contributed by atoms with Gasteiger partial charge in [-0.1, -0.05) is 27.7 Å². The highest BCUT2D eigenvalue weighted by atomic mass is 19.1. The second-order valence-corrected chi connectivity index (χ2v) is 18.6. The molecule has 0 bridgehead atoms. The van der Waals surface area contributed by atoms with Gasteiger partial charge in [-0.05, 0) is 73.7 Å². The van der Waals surface area contributed by atoms with Gasteiger partial charge in [0.2, 0.25) is 11.8 Å². The molecule has 4 fully saturated rings. The normalized spacial score (nSPS) is 23.6. The van der Waals surface area contributed by atoms with Crippen LogP contribution >= 0.6 is 0 Å². The highest BCUT2D eigenvalue weighted by molar-refractivity contribution is 6.23. The Kier molecular flexibility index (Phi) is 10.6. The minimum absolute atomic E-state index is 0.0123. The van der Waals surface area contributed by atoms with Crippen LogP contribution in [-0.4, -0.2) is 113 Å². The number of halogens is 1. The minimum atomic E-state index is -1.11. The number of carbonyl (C=O) groups excluding carboxylic acids is 5. The van der Waals surface area contributed by atoms with Crippen molar-refractivity contribution in [1.29, 1.82) is 5.26 Å². The molecule has 5 amide bonds. The number of hydrogen-bond acceptors (Lipinski definition) is 12. The van der Waals surface area contributed by atoms with E-state index in [1.54, 1.807) is 18.5 Å². The summed E-state index contributed by atoms with van der Waals surface area (Å²) in [6.07, 6.45) is 5.10. The zero-order chi connectivity index (χ0) is 44.4. The lowest BCUT2D eigenvalue weighted by atomic mass is 9.49. The molecule has 0 spiro atoms. The van der Waals surface area contributed by atoms with E-state index in [4.69, 9.17) is 9.72 Å². The molecule has 4 aromatic rings. The van der Waals surface area contributed by atoms with Gasteiger partial charge in [-0.3, -0.25) is 44.1 Å². The van der Waals surface area contributed by atoms with E-state index in [-0.39, 0.29) is 47.7 Å². The van der Waals surface area contributed by atoms with Gasteiger partial charge < -0.3 is 19.9 Å². The van der Waals surface area contributed by atoms with Crippen LogP contribution in [0.1, 0.15) is 90.0 Å². The van der Waals surface area contributed by atoms with Gasteiger partial charge in [0.05, 0.1) is 33.5 Å². The number of nitrogens with zero attached hydrogens (tertiary/aromatic N) is 7. The zero-order valence-corrected chi connectivity index (χ0v) is 35.8. The monoisotopic (exact) mass is 855 g/mol. The number of amides is 5. The Morgan fingerprint density at radius 2 is 1.62 bits per heavy atom. The molecule has 2 aromatic carbocycles. The van der Waals surface area contributed by atoms with Crippen LogP contribution in [0.2, 0.25) is 0 Å². The predicted molar refractivity (Wildman–Crippen MR) is 231 cm³/mol. The topological polar surface area (TPSA) is 181 Å². The van der Waals surface area contributed by atoms with E-state index < -0.39 is 46.3 Å². The first-order valence-electron chi connectivity index (χ1n) is 21.6. The molecular formula is C47H50FN9O6. The molecule has 3 saturated heterocycles. The van der Waals surface area contributed by atoms with Gasteiger partial charge in [0, 0.05) is 86.9 Å². The van der Waals surface area contributed by atoms with Crippen molar-refractivity contribution < 1.29 is 33.1 Å². The van der Waals surface area contributed by atoms with Gasteiger partial charge >= 0.3 is 0 Å². The second-order valence-electron chi connectivity index (χ2n) is 18.6. The molecule has 0 unspecified atom stereocenters. The fraction of sp³-hybridized carbons (Fsp3) is 0.447. The summed E-state index contributed by atoms with van der Waals surface area (Å²) in [6.45, 7) is 13.5. The number of fused-ring (bicyclic) bond motifs is 2. The van der Waals surface area contributed by atoms with Crippen molar-refractivity contribution in [3.63, 3.8) is 0 Å². The van der Waals surface area contributed by atoms with E-state index in [1.165, 1.54) is 6.07 Å². The Labute approximate surface area is 364 Å². The van der Waals surface area contributed by atoms with E-state index in [0.29, 0.717) is 54.5 Å². The number of piperidine rings is 2. The number of anilines is 2. The van der Waals surface area contributed by atoms with Gasteiger partial charge in [0.25, 0.3) is 17.7 Å². The van der Waals surface area contributed by atoms with Crippen LogP contribution < -0.4 is 25.2 Å². The highest BCUT2D eigenvalue weighted by Gasteiger charge is 2.64. The van der Waals surface area contributed by atoms with Crippen LogP contribution in [0.4, 0.5) is 15.9 Å². The highest BCUT2D eigenvalue weighted by Crippen LogP contribution is 2.56. The number of nitriles is 1. The fourth-order valence-corrected chi connectivity index (χ4v) is 10.8. The minimum Gasteiger partial charge on any atom is -0.488 e. The zero-order valence-electron chi connectivity index (χ0n) is 35.8. The third-order valence-corrected chi connectivity index (χ3v) is 13.9. The molecule has 0 radical (unpaired) electrons. The largest absolute Gasteiger partial charge is 0.488 e. The molecule has 326 valence electrons. The van der Waals surface area contributed by atoms with Gasteiger partial charge in [-0.2, -0.15) is 5.26 Å². The molecule has 1 aliphatic carbocycles. The Balaban J connectivity index is 0.748. The third-order valence-electron chi connectivity index (χ3n) is 13.9. The fourth-order valence-electron chi connectivity index (χ4n) is 10.8. The smallest absolute Gasteiger partial charge is 0.262 e.